The summed E-state index contributed by atoms with van der Waals surface area (Å²) in [7, 11) is 0. The standard InChI is InChI=1S/C16H9Cl2F3N4S/c17-11-5-4-9(13(18)7-11)8-22-14-24-15(26-25-14)23-12-3-1-2-10(6-12)16(19,20)21/h1-8H,(H,23,24,25)/b22-8-. The molecule has 0 spiro atoms. The van der Waals surface area contributed by atoms with Crippen molar-refractivity contribution in [1.29, 1.82) is 0 Å². The number of hydrogen-bond acceptors (Lipinski definition) is 5. The van der Waals surface area contributed by atoms with Crippen LogP contribution in [0.25, 0.3) is 0 Å². The van der Waals surface area contributed by atoms with E-state index < -0.39 is 11.7 Å². The lowest BCUT2D eigenvalue weighted by Gasteiger charge is -2.08. The Balaban J connectivity index is 1.73. The third kappa shape index (κ3) is 4.72. The van der Waals surface area contributed by atoms with E-state index in [0.29, 0.717) is 20.7 Å². The first-order valence-corrected chi connectivity index (χ1v) is 8.61. The zero-order valence-corrected chi connectivity index (χ0v) is 15.1. The molecule has 0 saturated carbocycles. The molecule has 0 aliphatic carbocycles. The number of aromatic nitrogens is 2. The minimum absolute atomic E-state index is 0.162. The molecule has 0 aliphatic rings. The van der Waals surface area contributed by atoms with Gasteiger partial charge in [0.15, 0.2) is 0 Å². The first-order chi connectivity index (χ1) is 12.3. The van der Waals surface area contributed by atoms with Gasteiger partial charge in [-0.15, -0.1) is 4.37 Å². The van der Waals surface area contributed by atoms with Crippen LogP contribution in [0.1, 0.15) is 11.1 Å². The summed E-state index contributed by atoms with van der Waals surface area (Å²) in [6.07, 6.45) is -2.93. The molecule has 10 heteroatoms. The molecular formula is C16H9Cl2F3N4S. The number of halogens is 5. The Bertz CT molecular complexity index is 957. The zero-order valence-electron chi connectivity index (χ0n) is 12.8. The summed E-state index contributed by atoms with van der Waals surface area (Å²) in [6, 6.07) is 9.77. The topological polar surface area (TPSA) is 50.2 Å². The van der Waals surface area contributed by atoms with Gasteiger partial charge in [0.1, 0.15) is 0 Å². The molecule has 134 valence electrons. The van der Waals surface area contributed by atoms with Crippen LogP contribution in [-0.2, 0) is 6.18 Å². The third-order valence-electron chi connectivity index (χ3n) is 3.14. The first-order valence-electron chi connectivity index (χ1n) is 7.08. The molecule has 0 atom stereocenters. The predicted molar refractivity (Wildman–Crippen MR) is 98.4 cm³/mol. The van der Waals surface area contributed by atoms with E-state index in [4.69, 9.17) is 23.2 Å². The fourth-order valence-corrected chi connectivity index (χ4v) is 2.95. The Labute approximate surface area is 160 Å². The quantitative estimate of drug-likeness (QED) is 0.503. The number of rotatable bonds is 4. The van der Waals surface area contributed by atoms with Crippen LogP contribution < -0.4 is 5.32 Å². The molecule has 3 aromatic rings. The third-order valence-corrected chi connectivity index (χ3v) is 4.32. The van der Waals surface area contributed by atoms with Gasteiger partial charge in [0.25, 0.3) is 5.95 Å². The average Bonchev–Trinajstić information content (AvgIpc) is 3.01. The highest BCUT2D eigenvalue weighted by Crippen LogP contribution is 2.32. The van der Waals surface area contributed by atoms with Crippen LogP contribution in [0.5, 0.6) is 0 Å². The molecule has 0 bridgehead atoms. The molecule has 0 radical (unpaired) electrons. The van der Waals surface area contributed by atoms with E-state index in [9.17, 15) is 13.2 Å². The van der Waals surface area contributed by atoms with Gasteiger partial charge in [-0.3, -0.25) is 0 Å². The molecule has 0 unspecified atom stereocenters. The van der Waals surface area contributed by atoms with E-state index in [-0.39, 0.29) is 11.6 Å². The van der Waals surface area contributed by atoms with Gasteiger partial charge < -0.3 is 5.32 Å². The fraction of sp³-hybridized carbons (Fsp3) is 0.0625. The summed E-state index contributed by atoms with van der Waals surface area (Å²) < 4.78 is 42.2. The van der Waals surface area contributed by atoms with E-state index in [2.05, 4.69) is 19.7 Å². The van der Waals surface area contributed by atoms with E-state index in [1.165, 1.54) is 18.3 Å². The maximum absolute atomic E-state index is 12.7. The molecule has 0 saturated heterocycles. The second kappa shape index (κ2) is 7.61. The summed E-state index contributed by atoms with van der Waals surface area (Å²) in [5.74, 6) is 0.162. The Morgan fingerprint density at radius 1 is 1.12 bits per heavy atom. The van der Waals surface area contributed by atoms with Crippen LogP contribution in [-0.4, -0.2) is 15.6 Å². The lowest BCUT2D eigenvalue weighted by Crippen LogP contribution is -2.05. The molecule has 0 fully saturated rings. The predicted octanol–water partition coefficient (Wildman–Crippen LogP) is 6.36. The lowest BCUT2D eigenvalue weighted by atomic mass is 10.2. The van der Waals surface area contributed by atoms with E-state index in [0.717, 1.165) is 23.7 Å². The van der Waals surface area contributed by atoms with Gasteiger partial charge in [-0.2, -0.15) is 18.2 Å². The van der Waals surface area contributed by atoms with Crippen molar-refractivity contribution in [2.24, 2.45) is 4.99 Å². The van der Waals surface area contributed by atoms with Crippen molar-refractivity contribution in [1.82, 2.24) is 9.36 Å². The Morgan fingerprint density at radius 2 is 1.92 bits per heavy atom. The van der Waals surface area contributed by atoms with Crippen molar-refractivity contribution in [2.45, 2.75) is 6.18 Å². The molecule has 0 aliphatic heterocycles. The van der Waals surface area contributed by atoms with Crippen molar-refractivity contribution in [2.75, 3.05) is 5.32 Å². The van der Waals surface area contributed by atoms with Gasteiger partial charge in [0, 0.05) is 34.0 Å². The van der Waals surface area contributed by atoms with Crippen molar-refractivity contribution in [3.8, 4) is 0 Å². The van der Waals surface area contributed by atoms with Crippen LogP contribution in [0.4, 0.5) is 29.9 Å². The van der Waals surface area contributed by atoms with Crippen molar-refractivity contribution < 1.29 is 13.2 Å². The SMILES string of the molecule is FC(F)(F)c1cccc(Nc2nc(/N=C\c3ccc(Cl)cc3Cl)ns2)c1. The fourth-order valence-electron chi connectivity index (χ4n) is 1.95. The van der Waals surface area contributed by atoms with Crippen molar-refractivity contribution in [3.63, 3.8) is 0 Å². The van der Waals surface area contributed by atoms with Crippen LogP contribution in [0.3, 0.4) is 0 Å². The number of benzene rings is 2. The Hall–Kier alpha value is -2.16. The second-order valence-corrected chi connectivity index (χ2v) is 6.62. The molecule has 26 heavy (non-hydrogen) atoms. The molecular weight excluding hydrogens is 408 g/mol. The summed E-state index contributed by atoms with van der Waals surface area (Å²) in [5.41, 5.74) is 0.146. The smallest absolute Gasteiger partial charge is 0.330 e. The maximum Gasteiger partial charge on any atom is 0.416 e. The average molecular weight is 417 g/mol. The van der Waals surface area contributed by atoms with E-state index in [1.807, 2.05) is 0 Å². The molecule has 1 N–H and O–H groups in total. The molecule has 2 aromatic carbocycles. The minimum Gasteiger partial charge on any atom is -0.330 e. The second-order valence-electron chi connectivity index (χ2n) is 5.03. The van der Waals surface area contributed by atoms with Gasteiger partial charge >= 0.3 is 6.18 Å². The number of aliphatic imine (C=N–C) groups is 1. The molecule has 3 rings (SSSR count). The van der Waals surface area contributed by atoms with Gasteiger partial charge in [-0.1, -0.05) is 35.3 Å². The van der Waals surface area contributed by atoms with Gasteiger partial charge in [-0.05, 0) is 30.3 Å². The van der Waals surface area contributed by atoms with Crippen LogP contribution in [0.15, 0.2) is 47.5 Å². The normalized spacial score (nSPS) is 11.9. The highest BCUT2D eigenvalue weighted by atomic mass is 35.5. The largest absolute Gasteiger partial charge is 0.416 e. The van der Waals surface area contributed by atoms with Gasteiger partial charge in [-0.25, -0.2) is 4.99 Å². The van der Waals surface area contributed by atoms with Crippen molar-refractivity contribution >= 4 is 57.7 Å². The first kappa shape index (κ1) is 18.6. The van der Waals surface area contributed by atoms with E-state index in [1.54, 1.807) is 18.2 Å². The number of nitrogens with one attached hydrogen (secondary N) is 1. The number of anilines is 2. The number of nitrogens with zero attached hydrogens (tertiary/aromatic N) is 3. The number of alkyl halides is 3. The highest BCUT2D eigenvalue weighted by molar-refractivity contribution is 7.10. The molecule has 1 heterocycles. The van der Waals surface area contributed by atoms with Crippen LogP contribution in [0, 0.1) is 0 Å². The lowest BCUT2D eigenvalue weighted by molar-refractivity contribution is -0.137. The van der Waals surface area contributed by atoms with E-state index >= 15 is 0 Å². The number of hydrogen-bond donors (Lipinski definition) is 1. The zero-order chi connectivity index (χ0) is 18.7. The maximum atomic E-state index is 12.7. The summed E-state index contributed by atoms with van der Waals surface area (Å²) in [5, 5.41) is 4.04. The Morgan fingerprint density at radius 3 is 2.65 bits per heavy atom. The molecule has 1 aromatic heterocycles. The Kier molecular flexibility index (Phi) is 5.45. The monoisotopic (exact) mass is 416 g/mol. The van der Waals surface area contributed by atoms with Crippen LogP contribution in [0.2, 0.25) is 10.0 Å². The summed E-state index contributed by atoms with van der Waals surface area (Å²) >= 11 is 12.8. The molecule has 4 nitrogen and oxygen atoms in total. The summed E-state index contributed by atoms with van der Waals surface area (Å²) in [6.45, 7) is 0. The summed E-state index contributed by atoms with van der Waals surface area (Å²) in [4.78, 5) is 8.21. The highest BCUT2D eigenvalue weighted by Gasteiger charge is 2.30. The van der Waals surface area contributed by atoms with Crippen LogP contribution >= 0.6 is 34.7 Å². The minimum atomic E-state index is -4.41. The van der Waals surface area contributed by atoms with Crippen molar-refractivity contribution in [3.05, 3.63) is 63.6 Å². The van der Waals surface area contributed by atoms with Gasteiger partial charge in [0.05, 0.1) is 10.6 Å². The molecule has 0 amide bonds. The van der Waals surface area contributed by atoms with Gasteiger partial charge in [0.2, 0.25) is 5.13 Å².